The molecule has 0 bridgehead atoms. The second-order valence-electron chi connectivity index (χ2n) is 6.85. The van der Waals surface area contributed by atoms with Crippen LogP contribution in [-0.4, -0.2) is 50.5 Å². The van der Waals surface area contributed by atoms with Crippen LogP contribution in [0.25, 0.3) is 5.57 Å². The van der Waals surface area contributed by atoms with Crippen LogP contribution < -0.4 is 5.32 Å². The SMILES string of the molecule is CC(Nc1nc(C[C@H](C)C(F)(F)F)nc(C2=C[C@@H](O)C(F)(F)CC2)n1)C(F)(F)F. The van der Waals surface area contributed by atoms with Gasteiger partial charge in [-0.1, -0.05) is 6.92 Å². The van der Waals surface area contributed by atoms with E-state index in [4.69, 9.17) is 0 Å². The molecule has 1 unspecified atom stereocenters. The molecule has 164 valence electrons. The van der Waals surface area contributed by atoms with Gasteiger partial charge in [-0.15, -0.1) is 0 Å². The van der Waals surface area contributed by atoms with E-state index in [1.807, 2.05) is 5.32 Å². The van der Waals surface area contributed by atoms with Crippen LogP contribution in [0.15, 0.2) is 6.08 Å². The zero-order valence-corrected chi connectivity index (χ0v) is 15.2. The molecule has 29 heavy (non-hydrogen) atoms. The second-order valence-corrected chi connectivity index (χ2v) is 6.85. The third kappa shape index (κ3) is 5.97. The van der Waals surface area contributed by atoms with Crippen LogP contribution in [0.5, 0.6) is 0 Å². The fourth-order valence-electron chi connectivity index (χ4n) is 2.42. The molecule has 0 aliphatic heterocycles. The van der Waals surface area contributed by atoms with Gasteiger partial charge in [0.1, 0.15) is 18.0 Å². The van der Waals surface area contributed by atoms with E-state index in [0.717, 1.165) is 19.9 Å². The van der Waals surface area contributed by atoms with E-state index in [1.54, 1.807) is 0 Å². The van der Waals surface area contributed by atoms with Gasteiger partial charge in [-0.05, 0) is 25.0 Å². The van der Waals surface area contributed by atoms with E-state index in [9.17, 15) is 40.2 Å². The first-order valence-corrected chi connectivity index (χ1v) is 8.51. The number of anilines is 1. The average Bonchev–Trinajstić information content (AvgIpc) is 2.55. The lowest BCUT2D eigenvalue weighted by Crippen LogP contribution is -2.35. The maximum atomic E-state index is 13.4. The van der Waals surface area contributed by atoms with Gasteiger partial charge in [-0.25, -0.2) is 13.8 Å². The van der Waals surface area contributed by atoms with Gasteiger partial charge in [-0.3, -0.25) is 0 Å². The van der Waals surface area contributed by atoms with Crippen LogP contribution in [-0.2, 0) is 6.42 Å². The molecular formula is C16H18F8N4O. The van der Waals surface area contributed by atoms with Gasteiger partial charge >= 0.3 is 12.4 Å². The Morgan fingerprint density at radius 2 is 1.72 bits per heavy atom. The highest BCUT2D eigenvalue weighted by molar-refractivity contribution is 5.62. The molecule has 2 rings (SSSR count). The molecule has 0 radical (unpaired) electrons. The lowest BCUT2D eigenvalue weighted by Gasteiger charge is -2.26. The molecule has 1 aliphatic rings. The highest BCUT2D eigenvalue weighted by Crippen LogP contribution is 2.36. The highest BCUT2D eigenvalue weighted by atomic mass is 19.4. The number of nitrogens with zero attached hydrogens (tertiary/aromatic N) is 3. The molecule has 0 amide bonds. The summed E-state index contributed by atoms with van der Waals surface area (Å²) in [4.78, 5) is 11.1. The zero-order valence-electron chi connectivity index (χ0n) is 15.2. The van der Waals surface area contributed by atoms with E-state index in [1.165, 1.54) is 0 Å². The minimum Gasteiger partial charge on any atom is -0.383 e. The molecule has 0 fully saturated rings. The first-order valence-electron chi connectivity index (χ1n) is 8.51. The Morgan fingerprint density at radius 3 is 2.24 bits per heavy atom. The smallest absolute Gasteiger partial charge is 0.383 e. The van der Waals surface area contributed by atoms with Crippen LogP contribution in [0.2, 0.25) is 0 Å². The Kier molecular flexibility index (Phi) is 6.40. The van der Waals surface area contributed by atoms with E-state index < -0.39 is 61.0 Å². The first kappa shape index (κ1) is 23.2. The molecule has 2 N–H and O–H groups in total. The molecule has 1 aliphatic carbocycles. The lowest BCUT2D eigenvalue weighted by molar-refractivity contribution is -0.169. The maximum Gasteiger partial charge on any atom is 0.408 e. The number of hydrogen-bond donors (Lipinski definition) is 2. The number of alkyl halides is 8. The number of rotatable bonds is 5. The Morgan fingerprint density at radius 1 is 1.10 bits per heavy atom. The zero-order chi connectivity index (χ0) is 22.2. The summed E-state index contributed by atoms with van der Waals surface area (Å²) in [5.41, 5.74) is -0.0190. The first-order chi connectivity index (χ1) is 13.1. The summed E-state index contributed by atoms with van der Waals surface area (Å²) in [6.07, 6.45) is -12.6. The van der Waals surface area contributed by atoms with Crippen molar-refractivity contribution in [1.82, 2.24) is 15.0 Å². The standard InChI is InChI=1S/C16H18F8N4O/c1-7(15(19,20)21)5-11-26-12(9-3-4-14(17,18)10(29)6-9)28-13(27-11)25-8(2)16(22,23)24/h6-8,10,29H,3-5H2,1-2H3,(H,25,26,27,28)/t7-,8?,10+/m0/s1. The summed E-state index contributed by atoms with van der Waals surface area (Å²) < 4.78 is 104. The van der Waals surface area contributed by atoms with Gasteiger partial charge in [-0.2, -0.15) is 36.3 Å². The number of halogens is 8. The number of aromatic nitrogens is 3. The summed E-state index contributed by atoms with van der Waals surface area (Å²) >= 11 is 0. The van der Waals surface area contributed by atoms with E-state index in [0.29, 0.717) is 0 Å². The van der Waals surface area contributed by atoms with Crippen molar-refractivity contribution < 1.29 is 40.2 Å². The molecule has 5 nitrogen and oxygen atoms in total. The second kappa shape index (κ2) is 8.00. The Balaban J connectivity index is 2.42. The third-order valence-corrected chi connectivity index (χ3v) is 4.37. The molecule has 1 aromatic rings. The van der Waals surface area contributed by atoms with Gasteiger partial charge < -0.3 is 10.4 Å². The third-order valence-electron chi connectivity index (χ3n) is 4.37. The summed E-state index contributed by atoms with van der Waals surface area (Å²) in [5, 5.41) is 11.4. The average molecular weight is 434 g/mol. The number of nitrogens with one attached hydrogen (secondary N) is 1. The molecule has 0 spiro atoms. The quantitative estimate of drug-likeness (QED) is 0.682. The van der Waals surface area contributed by atoms with Crippen molar-refractivity contribution >= 4 is 11.5 Å². The van der Waals surface area contributed by atoms with Crippen molar-refractivity contribution in [3.63, 3.8) is 0 Å². The molecule has 1 heterocycles. The Bertz CT molecular complexity index is 722. The molecule has 0 saturated carbocycles. The summed E-state index contributed by atoms with van der Waals surface area (Å²) in [5.74, 6) is -6.77. The minimum atomic E-state index is -4.69. The van der Waals surface area contributed by atoms with Gasteiger partial charge in [0.25, 0.3) is 5.92 Å². The van der Waals surface area contributed by atoms with Crippen molar-refractivity contribution in [3.05, 3.63) is 17.7 Å². The van der Waals surface area contributed by atoms with Gasteiger partial charge in [0.15, 0.2) is 5.82 Å². The van der Waals surface area contributed by atoms with E-state index >= 15 is 0 Å². The van der Waals surface area contributed by atoms with Crippen molar-refractivity contribution in [2.45, 2.75) is 63.5 Å². The van der Waals surface area contributed by atoms with Crippen molar-refractivity contribution in [2.75, 3.05) is 5.32 Å². The molecule has 0 aromatic carbocycles. The largest absolute Gasteiger partial charge is 0.408 e. The summed E-state index contributed by atoms with van der Waals surface area (Å²) in [7, 11) is 0. The normalized spacial score (nSPS) is 22.0. The summed E-state index contributed by atoms with van der Waals surface area (Å²) in [6.45, 7) is 1.60. The number of hydrogen-bond acceptors (Lipinski definition) is 5. The number of aliphatic hydroxyl groups excluding tert-OH is 1. The fraction of sp³-hybridized carbons (Fsp3) is 0.688. The molecular weight excluding hydrogens is 416 g/mol. The molecule has 3 atom stereocenters. The highest BCUT2D eigenvalue weighted by Gasteiger charge is 2.41. The van der Waals surface area contributed by atoms with Crippen LogP contribution in [0.3, 0.4) is 0 Å². The van der Waals surface area contributed by atoms with Crippen molar-refractivity contribution in [2.24, 2.45) is 5.92 Å². The molecule has 13 heteroatoms. The van der Waals surface area contributed by atoms with Gasteiger partial charge in [0.05, 0.1) is 5.92 Å². The Hall–Kier alpha value is -2.05. The topological polar surface area (TPSA) is 70.9 Å². The van der Waals surface area contributed by atoms with Crippen molar-refractivity contribution in [3.8, 4) is 0 Å². The molecule has 1 aromatic heterocycles. The predicted molar refractivity (Wildman–Crippen MR) is 86.1 cm³/mol. The van der Waals surface area contributed by atoms with E-state index in [-0.39, 0.29) is 17.8 Å². The van der Waals surface area contributed by atoms with Crippen LogP contribution >= 0.6 is 0 Å². The maximum absolute atomic E-state index is 13.4. The number of aliphatic hydroxyl groups is 1. The molecule has 0 saturated heterocycles. The van der Waals surface area contributed by atoms with Gasteiger partial charge in [0, 0.05) is 12.8 Å². The number of allylic oxidation sites excluding steroid dienone is 1. The van der Waals surface area contributed by atoms with Crippen LogP contribution in [0, 0.1) is 5.92 Å². The predicted octanol–water partition coefficient (Wildman–Crippen LogP) is 4.15. The van der Waals surface area contributed by atoms with Crippen LogP contribution in [0.1, 0.15) is 38.3 Å². The lowest BCUT2D eigenvalue weighted by atomic mass is 9.93. The van der Waals surface area contributed by atoms with Crippen molar-refractivity contribution in [1.29, 1.82) is 0 Å². The fourth-order valence-corrected chi connectivity index (χ4v) is 2.42. The Labute approximate surface area is 160 Å². The monoisotopic (exact) mass is 434 g/mol. The van der Waals surface area contributed by atoms with Crippen LogP contribution in [0.4, 0.5) is 41.1 Å². The van der Waals surface area contributed by atoms with Gasteiger partial charge in [0.2, 0.25) is 5.95 Å². The minimum absolute atomic E-state index is 0.0190. The van der Waals surface area contributed by atoms with E-state index in [2.05, 4.69) is 15.0 Å². The summed E-state index contributed by atoms with van der Waals surface area (Å²) in [6, 6.07) is -2.12.